The third-order valence-corrected chi connectivity index (χ3v) is 7.01. The van der Waals surface area contributed by atoms with Crippen LogP contribution in [0.5, 0.6) is 0 Å². The Morgan fingerprint density at radius 1 is 0.892 bits per heavy atom. The normalized spacial score (nSPS) is 25.1. The highest BCUT2D eigenvalue weighted by atomic mass is 16.6. The van der Waals surface area contributed by atoms with Gasteiger partial charge >= 0.3 is 22.8 Å². The van der Waals surface area contributed by atoms with E-state index in [2.05, 4.69) is 5.10 Å². The van der Waals surface area contributed by atoms with Gasteiger partial charge in [-0.3, -0.25) is 50.6 Å². The Labute approximate surface area is 202 Å². The number of nitrogens with zero attached hydrogens (tertiary/aromatic N) is 8. The Morgan fingerprint density at radius 2 is 1.51 bits per heavy atom. The van der Waals surface area contributed by atoms with Crippen molar-refractivity contribution >= 4 is 22.8 Å². The first-order valence-corrected chi connectivity index (χ1v) is 10.4. The molecule has 1 heterocycles. The van der Waals surface area contributed by atoms with Crippen molar-refractivity contribution in [3.63, 3.8) is 0 Å². The van der Waals surface area contributed by atoms with Gasteiger partial charge in [0.2, 0.25) is 5.69 Å². The number of nitro benzene ring substituents is 3. The summed E-state index contributed by atoms with van der Waals surface area (Å²) in [6.07, 6.45) is 4.71. The van der Waals surface area contributed by atoms with E-state index < -0.39 is 87.7 Å². The molecule has 1 aromatic heterocycles. The molecule has 0 amide bonds. The number of aromatic nitrogens is 3. The molecule has 1 saturated carbocycles. The fourth-order valence-electron chi connectivity index (χ4n) is 5.57. The maximum atomic E-state index is 13.6. The molecule has 1 fully saturated rings. The molecule has 2 aromatic rings. The summed E-state index contributed by atoms with van der Waals surface area (Å²) in [5.41, 5.74) is -8.83. The van der Waals surface area contributed by atoms with Crippen LogP contribution >= 0.6 is 0 Å². The van der Waals surface area contributed by atoms with E-state index >= 15 is 0 Å². The van der Waals surface area contributed by atoms with E-state index in [0.717, 1.165) is 6.08 Å². The Hall–Kier alpha value is -5.36. The van der Waals surface area contributed by atoms with Gasteiger partial charge in [0.15, 0.2) is 0 Å². The Morgan fingerprint density at radius 3 is 1.97 bits per heavy atom. The lowest BCUT2D eigenvalue weighted by Crippen LogP contribution is -2.60. The minimum atomic E-state index is -2.10. The Balaban J connectivity index is 1.87. The molecular weight excluding hydrogens is 504 g/mol. The molecule has 0 radical (unpaired) electrons. The van der Waals surface area contributed by atoms with Gasteiger partial charge in [-0.2, -0.15) is 0 Å². The van der Waals surface area contributed by atoms with E-state index in [0.29, 0.717) is 25.0 Å². The summed E-state index contributed by atoms with van der Waals surface area (Å²) >= 11 is 0. The topological polar surface area (TPSA) is 260 Å². The number of rotatable bonds is 6. The van der Waals surface area contributed by atoms with Crippen LogP contribution in [0.4, 0.5) is 17.1 Å². The number of nitro groups is 5. The van der Waals surface area contributed by atoms with E-state index in [9.17, 15) is 55.8 Å². The van der Waals surface area contributed by atoms with Crippen LogP contribution in [-0.4, -0.2) is 40.1 Å². The number of fused-ring (bicyclic) bond motifs is 2. The number of benzene rings is 1. The van der Waals surface area contributed by atoms with Crippen LogP contribution in [0.25, 0.3) is 11.4 Å². The molecule has 4 atom stereocenters. The summed E-state index contributed by atoms with van der Waals surface area (Å²) in [5, 5.41) is 76.3. The van der Waals surface area contributed by atoms with Crippen molar-refractivity contribution < 1.29 is 29.5 Å². The lowest BCUT2D eigenvalue weighted by molar-refractivity contribution is -0.702. The smallest absolute Gasteiger partial charge is 0.330 e. The minimum Gasteiger partial charge on any atom is -0.692 e. The van der Waals surface area contributed by atoms with Crippen LogP contribution in [-0.2, 0) is 0 Å². The second kappa shape index (κ2) is 7.57. The number of non-ortho nitro benzene ring substituents is 1. The molecule has 0 unspecified atom stereocenters. The van der Waals surface area contributed by atoms with Crippen molar-refractivity contribution in [3.8, 4) is 5.69 Å². The average molecular weight is 516 g/mol. The van der Waals surface area contributed by atoms with E-state index in [1.165, 1.54) is 0 Å². The fourth-order valence-corrected chi connectivity index (χ4v) is 5.57. The second-order valence-electron chi connectivity index (χ2n) is 8.64. The lowest BCUT2D eigenvalue weighted by Gasteiger charge is -2.46. The van der Waals surface area contributed by atoms with Crippen LogP contribution in [0.15, 0.2) is 30.4 Å². The first-order valence-electron chi connectivity index (χ1n) is 10.4. The van der Waals surface area contributed by atoms with E-state index in [-0.39, 0.29) is 9.64 Å². The van der Waals surface area contributed by atoms with Crippen molar-refractivity contribution in [3.05, 3.63) is 97.5 Å². The van der Waals surface area contributed by atoms with Crippen molar-refractivity contribution in [2.45, 2.75) is 24.3 Å². The number of allylic oxidation sites excluding steroid dienone is 1. The highest BCUT2D eigenvalue weighted by molar-refractivity contribution is 5.70. The SMILES string of the molecule is O=[N+]([O-])C1=C[C@@]2([N+](=O)[O-])[C@@H]3C=C[C@@H](CC3)[C@H]2c2c1nn(-c1c([N+](=O)[O-])cc([N+](=O)[O-])cc1[N+](=O)[O-])[n+]2[O-]. The second-order valence-corrected chi connectivity index (χ2v) is 8.64. The zero-order valence-corrected chi connectivity index (χ0v) is 18.1. The van der Waals surface area contributed by atoms with Gasteiger partial charge in [-0.1, -0.05) is 12.2 Å². The van der Waals surface area contributed by atoms with Crippen LogP contribution in [0.1, 0.15) is 30.1 Å². The molecule has 37 heavy (non-hydrogen) atoms. The van der Waals surface area contributed by atoms with Gasteiger partial charge < -0.3 is 5.21 Å². The van der Waals surface area contributed by atoms with Gasteiger partial charge in [-0.05, 0) is 18.8 Å². The quantitative estimate of drug-likeness (QED) is 0.174. The van der Waals surface area contributed by atoms with Gasteiger partial charge in [0.25, 0.3) is 16.9 Å². The van der Waals surface area contributed by atoms with Crippen LogP contribution < -0.4 is 4.85 Å². The van der Waals surface area contributed by atoms with Crippen molar-refractivity contribution in [1.82, 2.24) is 9.90 Å². The third kappa shape index (κ3) is 2.99. The van der Waals surface area contributed by atoms with Crippen molar-refractivity contribution in [1.29, 1.82) is 0 Å². The molecule has 0 N–H and O–H groups in total. The predicted octanol–water partition coefficient (Wildman–Crippen LogP) is 1.56. The molecule has 4 aliphatic carbocycles. The minimum absolute atomic E-state index is 0.115. The van der Waals surface area contributed by atoms with E-state index in [4.69, 9.17) is 0 Å². The molecule has 4 aliphatic rings. The van der Waals surface area contributed by atoms with Gasteiger partial charge in [0.05, 0.1) is 48.9 Å². The molecular formula is C18H12N8O11. The van der Waals surface area contributed by atoms with Crippen LogP contribution in [0.3, 0.4) is 0 Å². The summed E-state index contributed by atoms with van der Waals surface area (Å²) in [4.78, 5) is 53.7. The van der Waals surface area contributed by atoms with Crippen LogP contribution in [0, 0.1) is 67.6 Å². The highest BCUT2D eigenvalue weighted by Gasteiger charge is 2.69. The standard InChI is InChI=1S/C18H12N8O11/c27-21-17-14-8-1-3-9(4-2-8)18(14,26(36)37)7-13(25(34)35)15(17)19-20(21)16-11(23(30)31)5-10(22(28)29)6-12(16)24(32)33/h1,3,5-9,14H,2,4H2/t8-,9+,14-,18+/m0/s1. The molecule has 0 spiro atoms. The summed E-state index contributed by atoms with van der Waals surface area (Å²) in [6.45, 7) is 0. The summed E-state index contributed by atoms with van der Waals surface area (Å²) < 4.78 is 0. The summed E-state index contributed by atoms with van der Waals surface area (Å²) in [7, 11) is 0. The first kappa shape index (κ1) is 23.4. The fraction of sp³-hybridized carbons (Fsp3) is 0.333. The van der Waals surface area contributed by atoms with Crippen LogP contribution in [0.2, 0.25) is 0 Å². The molecule has 1 aromatic carbocycles. The highest BCUT2D eigenvalue weighted by Crippen LogP contribution is 2.57. The monoisotopic (exact) mass is 516 g/mol. The summed E-state index contributed by atoms with van der Waals surface area (Å²) in [6, 6.07) is 0.750. The van der Waals surface area contributed by atoms with E-state index in [1.54, 1.807) is 12.2 Å². The maximum absolute atomic E-state index is 13.6. The molecule has 6 rings (SSSR count). The van der Waals surface area contributed by atoms with Gasteiger partial charge in [-0.25, -0.2) is 0 Å². The van der Waals surface area contributed by atoms with Gasteiger partial charge in [0, 0.05) is 9.72 Å². The molecule has 0 saturated heterocycles. The molecule has 19 nitrogen and oxygen atoms in total. The first-order chi connectivity index (χ1) is 17.4. The average Bonchev–Trinajstić information content (AvgIpc) is 3.19. The zero-order valence-electron chi connectivity index (χ0n) is 18.1. The number of hydrogen-bond donors (Lipinski definition) is 0. The van der Waals surface area contributed by atoms with Crippen molar-refractivity contribution in [2.75, 3.05) is 0 Å². The van der Waals surface area contributed by atoms with Crippen molar-refractivity contribution in [2.24, 2.45) is 11.8 Å². The van der Waals surface area contributed by atoms with Gasteiger partial charge in [-0.15, -0.1) is 4.85 Å². The summed E-state index contributed by atoms with van der Waals surface area (Å²) in [5.74, 6) is -2.71. The van der Waals surface area contributed by atoms with E-state index in [1.807, 2.05) is 0 Å². The molecule has 0 aliphatic heterocycles. The largest absolute Gasteiger partial charge is 0.692 e. The predicted molar refractivity (Wildman–Crippen MR) is 115 cm³/mol. The third-order valence-electron chi connectivity index (χ3n) is 7.01. The zero-order chi connectivity index (χ0) is 27.0. The number of hydrogen-bond acceptors (Lipinski definition) is 12. The van der Waals surface area contributed by atoms with Gasteiger partial charge in [0.1, 0.15) is 5.92 Å². The molecule has 190 valence electrons. The lowest BCUT2D eigenvalue weighted by atomic mass is 9.55. The Kier molecular flexibility index (Phi) is 4.78. The Bertz CT molecular complexity index is 1490. The molecule has 2 bridgehead atoms. The molecule has 19 heteroatoms. The maximum Gasteiger partial charge on any atom is 0.330 e.